The summed E-state index contributed by atoms with van der Waals surface area (Å²) in [6, 6.07) is 0. The first-order chi connectivity index (χ1) is 11.8. The Bertz CT molecular complexity index is 469. The number of amides is 1. The van der Waals surface area contributed by atoms with E-state index in [0.717, 1.165) is 77.4 Å². The molecular formula is C20H31NO3. The van der Waals surface area contributed by atoms with E-state index in [1.165, 1.54) is 12.8 Å². The molecule has 4 nitrogen and oxygen atoms in total. The highest BCUT2D eigenvalue weighted by molar-refractivity contribution is 5.79. The van der Waals surface area contributed by atoms with Crippen LogP contribution in [0.2, 0.25) is 0 Å². The van der Waals surface area contributed by atoms with Crippen molar-refractivity contribution in [2.45, 2.75) is 57.0 Å². The predicted octanol–water partition coefficient (Wildman–Crippen LogP) is 3.17. The molecule has 0 N–H and O–H groups in total. The van der Waals surface area contributed by atoms with E-state index < -0.39 is 0 Å². The third kappa shape index (κ3) is 3.55. The summed E-state index contributed by atoms with van der Waals surface area (Å²) in [5, 5.41) is 0. The van der Waals surface area contributed by atoms with Crippen LogP contribution in [0.3, 0.4) is 0 Å². The van der Waals surface area contributed by atoms with E-state index in [1.54, 1.807) is 0 Å². The number of hydrogen-bond donors (Lipinski definition) is 0. The molecule has 2 heterocycles. The van der Waals surface area contributed by atoms with E-state index in [-0.39, 0.29) is 11.5 Å². The van der Waals surface area contributed by atoms with Crippen molar-refractivity contribution in [1.29, 1.82) is 0 Å². The van der Waals surface area contributed by atoms with Gasteiger partial charge in [-0.25, -0.2) is 0 Å². The van der Waals surface area contributed by atoms with Crippen molar-refractivity contribution < 1.29 is 14.3 Å². The highest BCUT2D eigenvalue weighted by Crippen LogP contribution is 2.43. The number of likely N-dealkylation sites (tertiary alicyclic amines) is 1. The molecule has 3 fully saturated rings. The average molecular weight is 333 g/mol. The number of nitrogens with zero attached hydrogens (tertiary/aromatic N) is 1. The van der Waals surface area contributed by atoms with E-state index in [0.29, 0.717) is 11.8 Å². The third-order valence-electron chi connectivity index (χ3n) is 6.54. The molecule has 2 saturated heterocycles. The molecule has 1 spiro atoms. The van der Waals surface area contributed by atoms with Gasteiger partial charge >= 0.3 is 0 Å². The van der Waals surface area contributed by atoms with E-state index in [1.807, 2.05) is 0 Å². The first-order valence-electron chi connectivity index (χ1n) is 9.92. The summed E-state index contributed by atoms with van der Waals surface area (Å²) in [7, 11) is 0. The van der Waals surface area contributed by atoms with Crippen LogP contribution in [0.5, 0.6) is 0 Å². The highest BCUT2D eigenvalue weighted by atomic mass is 16.5. The number of piperidine rings is 1. The van der Waals surface area contributed by atoms with Crippen molar-refractivity contribution in [2.75, 3.05) is 32.9 Å². The Kier molecular flexibility index (Phi) is 4.95. The second-order valence-corrected chi connectivity index (χ2v) is 8.17. The van der Waals surface area contributed by atoms with Crippen LogP contribution < -0.4 is 0 Å². The molecule has 24 heavy (non-hydrogen) atoms. The van der Waals surface area contributed by atoms with Crippen LogP contribution in [0.4, 0.5) is 0 Å². The highest BCUT2D eigenvalue weighted by Gasteiger charge is 2.46. The van der Waals surface area contributed by atoms with Gasteiger partial charge in [-0.3, -0.25) is 4.79 Å². The molecule has 0 bridgehead atoms. The predicted molar refractivity (Wildman–Crippen MR) is 92.6 cm³/mol. The van der Waals surface area contributed by atoms with Gasteiger partial charge in [0.25, 0.3) is 0 Å². The molecular weight excluding hydrogens is 302 g/mol. The van der Waals surface area contributed by atoms with Crippen LogP contribution in [0.15, 0.2) is 12.2 Å². The summed E-state index contributed by atoms with van der Waals surface area (Å²) >= 11 is 0. The second-order valence-electron chi connectivity index (χ2n) is 8.17. The number of carbonyl (C=O) groups excluding carboxylic acids is 1. The van der Waals surface area contributed by atoms with Crippen LogP contribution in [0.25, 0.3) is 0 Å². The molecule has 0 aromatic carbocycles. The third-order valence-corrected chi connectivity index (χ3v) is 6.54. The molecule has 4 heteroatoms. The average Bonchev–Trinajstić information content (AvgIpc) is 3.11. The first kappa shape index (κ1) is 16.6. The van der Waals surface area contributed by atoms with Gasteiger partial charge in [-0.15, -0.1) is 0 Å². The lowest BCUT2D eigenvalue weighted by atomic mass is 9.78. The van der Waals surface area contributed by atoms with E-state index in [2.05, 4.69) is 17.1 Å². The maximum Gasteiger partial charge on any atom is 0.226 e. The van der Waals surface area contributed by atoms with Gasteiger partial charge in [0.05, 0.1) is 5.60 Å². The minimum atomic E-state index is 0.0215. The van der Waals surface area contributed by atoms with E-state index >= 15 is 0 Å². The summed E-state index contributed by atoms with van der Waals surface area (Å²) < 4.78 is 12.1. The van der Waals surface area contributed by atoms with E-state index in [9.17, 15) is 4.79 Å². The summed E-state index contributed by atoms with van der Waals surface area (Å²) in [6.07, 6.45) is 13.2. The summed E-state index contributed by atoms with van der Waals surface area (Å²) in [4.78, 5) is 14.7. The van der Waals surface area contributed by atoms with Crippen molar-refractivity contribution in [2.24, 2.45) is 17.8 Å². The molecule has 1 amide bonds. The van der Waals surface area contributed by atoms with Gasteiger partial charge in [-0.05, 0) is 63.2 Å². The monoisotopic (exact) mass is 333 g/mol. The van der Waals surface area contributed by atoms with Gasteiger partial charge in [-0.1, -0.05) is 12.2 Å². The smallest absolute Gasteiger partial charge is 0.226 e. The molecule has 1 atom stereocenters. The molecule has 0 aromatic heterocycles. The van der Waals surface area contributed by atoms with Crippen molar-refractivity contribution in [3.05, 3.63) is 12.2 Å². The summed E-state index contributed by atoms with van der Waals surface area (Å²) in [5.74, 6) is 2.02. The molecule has 0 radical (unpaired) electrons. The standard InChI is InChI=1S/C20H31NO3/c22-19(17-3-1-2-4-17)21-11-9-20(10-12-21)18(8-14-24-20)7-13-23-15-16-5-6-16/h1-2,16-18H,3-15H2. The van der Waals surface area contributed by atoms with Gasteiger partial charge in [0.1, 0.15) is 0 Å². The largest absolute Gasteiger partial charge is 0.381 e. The fourth-order valence-electron chi connectivity index (χ4n) is 4.69. The number of carbonyl (C=O) groups is 1. The van der Waals surface area contributed by atoms with Gasteiger partial charge in [0, 0.05) is 38.8 Å². The minimum absolute atomic E-state index is 0.0215. The molecule has 4 rings (SSSR count). The molecule has 4 aliphatic rings. The molecule has 1 saturated carbocycles. The zero-order valence-corrected chi connectivity index (χ0v) is 14.8. The Labute approximate surface area is 145 Å². The van der Waals surface area contributed by atoms with Gasteiger partial charge in [-0.2, -0.15) is 0 Å². The lowest BCUT2D eigenvalue weighted by Crippen LogP contribution is -2.50. The fourth-order valence-corrected chi connectivity index (χ4v) is 4.69. The number of ether oxygens (including phenoxy) is 2. The maximum atomic E-state index is 12.6. The van der Waals surface area contributed by atoms with Gasteiger partial charge < -0.3 is 14.4 Å². The maximum absolute atomic E-state index is 12.6. The quantitative estimate of drug-likeness (QED) is 0.553. The fraction of sp³-hybridized carbons (Fsp3) is 0.850. The Hall–Kier alpha value is -0.870. The van der Waals surface area contributed by atoms with Crippen LogP contribution in [-0.2, 0) is 14.3 Å². The Morgan fingerprint density at radius 2 is 1.92 bits per heavy atom. The zero-order valence-electron chi connectivity index (χ0n) is 14.8. The van der Waals surface area contributed by atoms with E-state index in [4.69, 9.17) is 9.47 Å². The number of hydrogen-bond acceptors (Lipinski definition) is 3. The van der Waals surface area contributed by atoms with Crippen molar-refractivity contribution >= 4 is 5.91 Å². The van der Waals surface area contributed by atoms with Crippen molar-refractivity contribution in [3.63, 3.8) is 0 Å². The number of rotatable bonds is 6. The molecule has 1 unspecified atom stereocenters. The lowest BCUT2D eigenvalue weighted by molar-refractivity contribution is -0.141. The molecule has 2 aliphatic heterocycles. The summed E-state index contributed by atoms with van der Waals surface area (Å²) in [5.41, 5.74) is 0.0215. The van der Waals surface area contributed by atoms with Gasteiger partial charge in [0.15, 0.2) is 0 Å². The van der Waals surface area contributed by atoms with Crippen LogP contribution in [0, 0.1) is 17.8 Å². The Morgan fingerprint density at radius 1 is 1.17 bits per heavy atom. The minimum Gasteiger partial charge on any atom is -0.381 e. The topological polar surface area (TPSA) is 38.8 Å². The SMILES string of the molecule is O=C(C1CC=CC1)N1CCC2(CC1)OCCC2CCOCC1CC1. The van der Waals surface area contributed by atoms with Crippen molar-refractivity contribution in [3.8, 4) is 0 Å². The van der Waals surface area contributed by atoms with Crippen LogP contribution in [-0.4, -0.2) is 49.3 Å². The molecule has 2 aliphatic carbocycles. The number of allylic oxidation sites excluding steroid dienone is 2. The van der Waals surface area contributed by atoms with Crippen LogP contribution in [0.1, 0.15) is 51.4 Å². The Morgan fingerprint density at radius 3 is 2.62 bits per heavy atom. The summed E-state index contributed by atoms with van der Waals surface area (Å²) in [6.45, 7) is 4.46. The Balaban J connectivity index is 1.25. The van der Waals surface area contributed by atoms with Crippen molar-refractivity contribution in [1.82, 2.24) is 4.90 Å². The molecule has 134 valence electrons. The first-order valence-corrected chi connectivity index (χ1v) is 9.92. The zero-order chi connectivity index (χ0) is 16.4. The molecule has 0 aromatic rings. The van der Waals surface area contributed by atoms with Gasteiger partial charge in [0.2, 0.25) is 5.91 Å². The second kappa shape index (κ2) is 7.17. The lowest BCUT2D eigenvalue weighted by Gasteiger charge is -2.43. The normalized spacial score (nSPS) is 29.7. The van der Waals surface area contributed by atoms with Crippen LogP contribution >= 0.6 is 0 Å².